The molecule has 0 aliphatic heterocycles. The molecule has 0 saturated heterocycles. The number of methoxy groups -OCH3 is 1. The van der Waals surface area contributed by atoms with Crippen LogP contribution in [0.5, 0.6) is 0 Å². The van der Waals surface area contributed by atoms with Gasteiger partial charge in [-0.15, -0.1) is 0 Å². The average Bonchev–Trinajstić information content (AvgIpc) is 2.29. The van der Waals surface area contributed by atoms with Crippen LogP contribution >= 0.6 is 0 Å². The van der Waals surface area contributed by atoms with E-state index in [0.717, 1.165) is 26.0 Å². The number of nitrogens with two attached hydrogens (primary N) is 1. The maximum Gasteiger partial charge on any atom is 0.0462 e. The predicted molar refractivity (Wildman–Crippen MR) is 68.7 cm³/mol. The molecule has 1 atom stereocenters. The molecule has 90 valence electrons. The molecule has 0 spiro atoms. The number of aryl methyl sites for hydroxylation is 1. The summed E-state index contributed by atoms with van der Waals surface area (Å²) in [4.78, 5) is 0. The van der Waals surface area contributed by atoms with E-state index in [1.54, 1.807) is 7.11 Å². The van der Waals surface area contributed by atoms with Crippen molar-refractivity contribution in [2.24, 2.45) is 5.73 Å². The van der Waals surface area contributed by atoms with Crippen molar-refractivity contribution in [1.29, 1.82) is 0 Å². The third-order valence-corrected chi connectivity index (χ3v) is 2.95. The number of unbranched alkanes of at least 4 members (excludes halogenated alkanes) is 1. The highest BCUT2D eigenvalue weighted by Gasteiger charge is 2.09. The van der Waals surface area contributed by atoms with Crippen molar-refractivity contribution in [2.75, 3.05) is 20.3 Å². The average molecular weight is 221 g/mol. The van der Waals surface area contributed by atoms with Gasteiger partial charge in [0.2, 0.25) is 0 Å². The molecule has 16 heavy (non-hydrogen) atoms. The Kier molecular flexibility index (Phi) is 6.12. The van der Waals surface area contributed by atoms with Gasteiger partial charge in [0.1, 0.15) is 0 Å². The summed E-state index contributed by atoms with van der Waals surface area (Å²) in [6.07, 6.45) is 3.46. The van der Waals surface area contributed by atoms with Gasteiger partial charge < -0.3 is 10.5 Å². The molecule has 1 aromatic rings. The molecule has 2 heteroatoms. The summed E-state index contributed by atoms with van der Waals surface area (Å²) in [5.41, 5.74) is 8.53. The van der Waals surface area contributed by atoms with Crippen molar-refractivity contribution in [3.63, 3.8) is 0 Å². The lowest BCUT2D eigenvalue weighted by atomic mass is 9.93. The van der Waals surface area contributed by atoms with Gasteiger partial charge >= 0.3 is 0 Å². The summed E-state index contributed by atoms with van der Waals surface area (Å²) in [5, 5.41) is 0. The molecule has 0 aliphatic carbocycles. The molecule has 1 rings (SSSR count). The molecule has 2 N–H and O–H groups in total. The van der Waals surface area contributed by atoms with Crippen LogP contribution in [0.25, 0.3) is 0 Å². The largest absolute Gasteiger partial charge is 0.385 e. The lowest BCUT2D eigenvalue weighted by molar-refractivity contribution is 0.191. The Labute approximate surface area is 98.8 Å². The maximum absolute atomic E-state index is 5.84. The van der Waals surface area contributed by atoms with Crippen molar-refractivity contribution in [1.82, 2.24) is 0 Å². The normalized spacial score (nSPS) is 12.7. The molecular weight excluding hydrogens is 198 g/mol. The Balaban J connectivity index is 2.47. The molecule has 0 aromatic heterocycles. The standard InChI is InChI=1S/C14H23NO/c1-12-6-5-8-13(10-12)14(11-15)7-3-4-9-16-2/h5-6,8,10,14H,3-4,7,9,11,15H2,1-2H3. The molecule has 1 unspecified atom stereocenters. The van der Waals surface area contributed by atoms with Crippen molar-refractivity contribution in [3.8, 4) is 0 Å². The van der Waals surface area contributed by atoms with Crippen LogP contribution in [0.4, 0.5) is 0 Å². The Hall–Kier alpha value is -0.860. The summed E-state index contributed by atoms with van der Waals surface area (Å²) in [6.45, 7) is 3.71. The number of hydrogen-bond acceptors (Lipinski definition) is 2. The second-order valence-electron chi connectivity index (χ2n) is 4.34. The van der Waals surface area contributed by atoms with Crippen LogP contribution in [-0.4, -0.2) is 20.3 Å². The van der Waals surface area contributed by atoms with E-state index < -0.39 is 0 Å². The van der Waals surface area contributed by atoms with Gasteiger partial charge in [-0.3, -0.25) is 0 Å². The van der Waals surface area contributed by atoms with E-state index >= 15 is 0 Å². The molecule has 0 aliphatic rings. The van der Waals surface area contributed by atoms with Crippen LogP contribution in [0.15, 0.2) is 24.3 Å². The third kappa shape index (κ3) is 4.33. The molecule has 0 heterocycles. The summed E-state index contributed by atoms with van der Waals surface area (Å²) in [5.74, 6) is 0.497. The fourth-order valence-electron chi connectivity index (χ4n) is 1.98. The number of rotatable bonds is 7. The monoisotopic (exact) mass is 221 g/mol. The quantitative estimate of drug-likeness (QED) is 0.719. The summed E-state index contributed by atoms with van der Waals surface area (Å²) >= 11 is 0. The van der Waals surface area contributed by atoms with Gasteiger partial charge in [-0.1, -0.05) is 36.2 Å². The van der Waals surface area contributed by atoms with E-state index in [-0.39, 0.29) is 0 Å². The van der Waals surface area contributed by atoms with Crippen molar-refractivity contribution in [3.05, 3.63) is 35.4 Å². The van der Waals surface area contributed by atoms with Crippen molar-refractivity contribution < 1.29 is 4.74 Å². The molecule has 0 bridgehead atoms. The van der Waals surface area contributed by atoms with E-state index in [9.17, 15) is 0 Å². The Bertz CT molecular complexity index is 299. The molecular formula is C14H23NO. The molecule has 0 amide bonds. The second kappa shape index (κ2) is 7.42. The first-order valence-corrected chi connectivity index (χ1v) is 6.03. The van der Waals surface area contributed by atoms with Crippen LogP contribution in [0.2, 0.25) is 0 Å². The second-order valence-corrected chi connectivity index (χ2v) is 4.34. The lowest BCUT2D eigenvalue weighted by Gasteiger charge is -2.15. The minimum atomic E-state index is 0.497. The van der Waals surface area contributed by atoms with E-state index in [1.165, 1.54) is 17.5 Å². The highest BCUT2D eigenvalue weighted by Crippen LogP contribution is 2.21. The highest BCUT2D eigenvalue weighted by molar-refractivity contribution is 5.25. The van der Waals surface area contributed by atoms with E-state index in [2.05, 4.69) is 31.2 Å². The van der Waals surface area contributed by atoms with Crippen LogP contribution in [0, 0.1) is 6.92 Å². The van der Waals surface area contributed by atoms with E-state index in [0.29, 0.717) is 5.92 Å². The van der Waals surface area contributed by atoms with Gasteiger partial charge in [0.05, 0.1) is 0 Å². The smallest absolute Gasteiger partial charge is 0.0462 e. The molecule has 0 radical (unpaired) electrons. The van der Waals surface area contributed by atoms with Gasteiger partial charge in [0, 0.05) is 13.7 Å². The van der Waals surface area contributed by atoms with E-state index in [1.807, 2.05) is 0 Å². The minimum Gasteiger partial charge on any atom is -0.385 e. The number of benzene rings is 1. The number of ether oxygens (including phenoxy) is 1. The SMILES string of the molecule is COCCCCC(CN)c1cccc(C)c1. The lowest BCUT2D eigenvalue weighted by Crippen LogP contribution is -2.12. The first-order chi connectivity index (χ1) is 7.77. The van der Waals surface area contributed by atoms with Gasteiger partial charge in [0.15, 0.2) is 0 Å². The van der Waals surface area contributed by atoms with E-state index in [4.69, 9.17) is 10.5 Å². The minimum absolute atomic E-state index is 0.497. The summed E-state index contributed by atoms with van der Waals surface area (Å²) < 4.78 is 5.05. The first-order valence-electron chi connectivity index (χ1n) is 6.03. The van der Waals surface area contributed by atoms with Crippen molar-refractivity contribution >= 4 is 0 Å². The Morgan fingerprint density at radius 2 is 2.12 bits per heavy atom. The maximum atomic E-state index is 5.84. The fourth-order valence-corrected chi connectivity index (χ4v) is 1.98. The predicted octanol–water partition coefficient (Wildman–Crippen LogP) is 2.85. The zero-order valence-electron chi connectivity index (χ0n) is 10.4. The Morgan fingerprint density at radius 1 is 1.31 bits per heavy atom. The van der Waals surface area contributed by atoms with Gasteiger partial charge in [-0.05, 0) is 37.8 Å². The molecule has 2 nitrogen and oxygen atoms in total. The molecule has 0 saturated carbocycles. The third-order valence-electron chi connectivity index (χ3n) is 2.95. The van der Waals surface area contributed by atoms with Crippen LogP contribution in [-0.2, 0) is 4.74 Å². The number of hydrogen-bond donors (Lipinski definition) is 1. The van der Waals surface area contributed by atoms with Gasteiger partial charge in [-0.2, -0.15) is 0 Å². The topological polar surface area (TPSA) is 35.2 Å². The zero-order valence-corrected chi connectivity index (χ0v) is 10.4. The zero-order chi connectivity index (χ0) is 11.8. The summed E-state index contributed by atoms with van der Waals surface area (Å²) in [6, 6.07) is 8.67. The molecule has 1 aromatic carbocycles. The van der Waals surface area contributed by atoms with Crippen LogP contribution < -0.4 is 5.73 Å². The van der Waals surface area contributed by atoms with Crippen molar-refractivity contribution in [2.45, 2.75) is 32.1 Å². The van der Waals surface area contributed by atoms with Crippen LogP contribution in [0.3, 0.4) is 0 Å². The van der Waals surface area contributed by atoms with Gasteiger partial charge in [-0.25, -0.2) is 0 Å². The fraction of sp³-hybridized carbons (Fsp3) is 0.571. The molecule has 0 fully saturated rings. The highest BCUT2D eigenvalue weighted by atomic mass is 16.5. The van der Waals surface area contributed by atoms with Gasteiger partial charge in [0.25, 0.3) is 0 Å². The Morgan fingerprint density at radius 3 is 2.75 bits per heavy atom. The first kappa shape index (κ1) is 13.2. The van der Waals surface area contributed by atoms with Crippen LogP contribution in [0.1, 0.15) is 36.3 Å². The summed E-state index contributed by atoms with van der Waals surface area (Å²) in [7, 11) is 1.75.